The maximum atomic E-state index is 12.6. The first-order valence-corrected chi connectivity index (χ1v) is 8.28. The summed E-state index contributed by atoms with van der Waals surface area (Å²) in [6.45, 7) is 4.03. The predicted octanol–water partition coefficient (Wildman–Crippen LogP) is 0.892. The summed E-state index contributed by atoms with van der Waals surface area (Å²) in [5.41, 5.74) is 0.364. The summed E-state index contributed by atoms with van der Waals surface area (Å²) in [6.07, 6.45) is 4.88. The summed E-state index contributed by atoms with van der Waals surface area (Å²) in [7, 11) is 1.64. The molecule has 1 N–H and O–H groups in total. The topological polar surface area (TPSA) is 83.5 Å². The number of hydrogen-bond donors (Lipinski definition) is 1. The molecule has 0 aromatic carbocycles. The number of ether oxygens (including phenoxy) is 1. The number of carbonyl (C=O) groups excluding carboxylic acids is 1. The van der Waals surface area contributed by atoms with E-state index >= 15 is 0 Å². The van der Waals surface area contributed by atoms with Crippen LogP contribution in [0.25, 0.3) is 0 Å². The van der Waals surface area contributed by atoms with Crippen molar-refractivity contribution in [2.24, 2.45) is 0 Å². The monoisotopic (exact) mass is 342 g/mol. The van der Waals surface area contributed by atoms with Gasteiger partial charge in [-0.25, -0.2) is 15.0 Å². The average Bonchev–Trinajstić information content (AvgIpc) is 2.69. The second kappa shape index (κ2) is 8.39. The third kappa shape index (κ3) is 4.42. The quantitative estimate of drug-likeness (QED) is 0.781. The van der Waals surface area contributed by atoms with Gasteiger partial charge in [-0.05, 0) is 12.1 Å². The van der Waals surface area contributed by atoms with E-state index in [4.69, 9.17) is 4.74 Å². The standard InChI is InChI=1S/C17H22N6O2/c1-25-11-6-18-15-13-20-14(12-21-15)17(24)23-9-7-22(8-10-23)16-4-2-3-5-19-16/h2-5,12-13H,6-11H2,1H3,(H,18,21). The molecule has 1 amide bonds. The molecule has 0 bridgehead atoms. The molecule has 3 rings (SSSR count). The van der Waals surface area contributed by atoms with Crippen LogP contribution in [0.15, 0.2) is 36.8 Å². The minimum atomic E-state index is -0.0865. The molecule has 1 aliphatic heterocycles. The van der Waals surface area contributed by atoms with Crippen LogP contribution >= 0.6 is 0 Å². The lowest BCUT2D eigenvalue weighted by Gasteiger charge is -2.35. The van der Waals surface area contributed by atoms with Crippen molar-refractivity contribution in [2.75, 3.05) is 56.7 Å². The van der Waals surface area contributed by atoms with Crippen LogP contribution in [0.2, 0.25) is 0 Å². The van der Waals surface area contributed by atoms with Gasteiger partial charge in [0.15, 0.2) is 0 Å². The van der Waals surface area contributed by atoms with Gasteiger partial charge in [0.05, 0.1) is 19.0 Å². The number of rotatable bonds is 6. The Kier molecular flexibility index (Phi) is 5.73. The van der Waals surface area contributed by atoms with Gasteiger partial charge in [0.2, 0.25) is 0 Å². The molecule has 0 spiro atoms. The van der Waals surface area contributed by atoms with Crippen molar-refractivity contribution < 1.29 is 9.53 Å². The Labute approximate surface area is 146 Å². The van der Waals surface area contributed by atoms with Gasteiger partial charge in [-0.15, -0.1) is 0 Å². The summed E-state index contributed by atoms with van der Waals surface area (Å²) in [6, 6.07) is 5.85. The van der Waals surface area contributed by atoms with Crippen molar-refractivity contribution in [3.8, 4) is 0 Å². The second-order valence-electron chi connectivity index (χ2n) is 5.67. The molecule has 3 heterocycles. The van der Waals surface area contributed by atoms with Crippen molar-refractivity contribution in [3.63, 3.8) is 0 Å². The number of methoxy groups -OCH3 is 1. The number of carbonyl (C=O) groups is 1. The van der Waals surface area contributed by atoms with Gasteiger partial charge in [-0.3, -0.25) is 4.79 Å². The Morgan fingerprint density at radius 2 is 2.00 bits per heavy atom. The molecule has 8 nitrogen and oxygen atoms in total. The highest BCUT2D eigenvalue weighted by atomic mass is 16.5. The Hall–Kier alpha value is -2.74. The third-order valence-corrected chi connectivity index (χ3v) is 4.02. The van der Waals surface area contributed by atoms with Crippen LogP contribution in [0, 0.1) is 0 Å². The maximum absolute atomic E-state index is 12.6. The number of nitrogens with zero attached hydrogens (tertiary/aromatic N) is 5. The van der Waals surface area contributed by atoms with Crippen molar-refractivity contribution in [1.29, 1.82) is 0 Å². The minimum absolute atomic E-state index is 0.0865. The molecule has 2 aromatic rings. The number of piperazine rings is 1. The maximum Gasteiger partial charge on any atom is 0.274 e. The molecule has 0 aliphatic carbocycles. The van der Waals surface area contributed by atoms with E-state index in [0.29, 0.717) is 37.8 Å². The van der Waals surface area contributed by atoms with Gasteiger partial charge < -0.3 is 19.9 Å². The van der Waals surface area contributed by atoms with Crippen molar-refractivity contribution in [2.45, 2.75) is 0 Å². The molecule has 1 fully saturated rings. The number of nitrogens with one attached hydrogen (secondary N) is 1. The number of pyridine rings is 1. The lowest BCUT2D eigenvalue weighted by molar-refractivity contribution is 0.0740. The predicted molar refractivity (Wildman–Crippen MR) is 94.8 cm³/mol. The van der Waals surface area contributed by atoms with Crippen molar-refractivity contribution in [3.05, 3.63) is 42.5 Å². The Balaban J connectivity index is 1.53. The van der Waals surface area contributed by atoms with Gasteiger partial charge in [-0.1, -0.05) is 6.07 Å². The lowest BCUT2D eigenvalue weighted by atomic mass is 10.2. The molecule has 132 valence electrons. The smallest absolute Gasteiger partial charge is 0.274 e. The number of hydrogen-bond acceptors (Lipinski definition) is 7. The molecule has 0 radical (unpaired) electrons. The van der Waals surface area contributed by atoms with Gasteiger partial charge in [-0.2, -0.15) is 0 Å². The zero-order valence-corrected chi connectivity index (χ0v) is 14.3. The molecule has 1 saturated heterocycles. The van der Waals surface area contributed by atoms with E-state index in [1.807, 2.05) is 23.1 Å². The summed E-state index contributed by atoms with van der Waals surface area (Å²) >= 11 is 0. The molecule has 8 heteroatoms. The molecule has 0 saturated carbocycles. The molecular weight excluding hydrogens is 320 g/mol. The molecule has 25 heavy (non-hydrogen) atoms. The fraction of sp³-hybridized carbons (Fsp3) is 0.412. The number of anilines is 2. The van der Waals surface area contributed by atoms with Crippen LogP contribution in [-0.2, 0) is 4.74 Å². The third-order valence-electron chi connectivity index (χ3n) is 4.02. The van der Waals surface area contributed by atoms with E-state index < -0.39 is 0 Å². The molecule has 0 unspecified atom stereocenters. The summed E-state index contributed by atoms with van der Waals surface area (Å²) < 4.78 is 4.97. The van der Waals surface area contributed by atoms with Crippen LogP contribution in [0.3, 0.4) is 0 Å². The van der Waals surface area contributed by atoms with Crippen LogP contribution in [0.1, 0.15) is 10.5 Å². The largest absolute Gasteiger partial charge is 0.383 e. The van der Waals surface area contributed by atoms with E-state index in [9.17, 15) is 4.79 Å². The normalized spacial score (nSPS) is 14.4. The second-order valence-corrected chi connectivity index (χ2v) is 5.67. The van der Waals surface area contributed by atoms with E-state index in [0.717, 1.165) is 18.9 Å². The van der Waals surface area contributed by atoms with Crippen LogP contribution in [0.5, 0.6) is 0 Å². The average molecular weight is 342 g/mol. The van der Waals surface area contributed by atoms with E-state index in [1.165, 1.54) is 6.20 Å². The van der Waals surface area contributed by atoms with Crippen LogP contribution in [0.4, 0.5) is 11.6 Å². The van der Waals surface area contributed by atoms with Gasteiger partial charge in [0.25, 0.3) is 5.91 Å². The van der Waals surface area contributed by atoms with Gasteiger partial charge >= 0.3 is 0 Å². The zero-order chi connectivity index (χ0) is 17.5. The fourth-order valence-electron chi connectivity index (χ4n) is 2.65. The van der Waals surface area contributed by atoms with E-state index in [1.54, 1.807) is 19.5 Å². The highest BCUT2D eigenvalue weighted by Crippen LogP contribution is 2.14. The van der Waals surface area contributed by atoms with Crippen molar-refractivity contribution >= 4 is 17.5 Å². The highest BCUT2D eigenvalue weighted by molar-refractivity contribution is 5.92. The first-order chi connectivity index (χ1) is 12.3. The van der Waals surface area contributed by atoms with Crippen molar-refractivity contribution in [1.82, 2.24) is 19.9 Å². The summed E-state index contributed by atoms with van der Waals surface area (Å²) in [4.78, 5) is 29.4. The first kappa shape index (κ1) is 17.1. The molecular formula is C17H22N6O2. The summed E-state index contributed by atoms with van der Waals surface area (Å²) in [5, 5.41) is 3.08. The minimum Gasteiger partial charge on any atom is -0.383 e. The number of aromatic nitrogens is 3. The highest BCUT2D eigenvalue weighted by Gasteiger charge is 2.23. The number of amides is 1. The molecule has 0 atom stereocenters. The molecule has 1 aliphatic rings. The summed E-state index contributed by atoms with van der Waals surface area (Å²) in [5.74, 6) is 1.49. The fourth-order valence-corrected chi connectivity index (χ4v) is 2.65. The Morgan fingerprint density at radius 3 is 2.64 bits per heavy atom. The first-order valence-electron chi connectivity index (χ1n) is 8.28. The SMILES string of the molecule is COCCNc1cnc(C(=O)N2CCN(c3ccccn3)CC2)cn1. The van der Waals surface area contributed by atoms with Gasteiger partial charge in [0, 0.05) is 46.0 Å². The Bertz CT molecular complexity index is 671. The van der Waals surface area contributed by atoms with E-state index in [-0.39, 0.29) is 5.91 Å². The van der Waals surface area contributed by atoms with Crippen LogP contribution < -0.4 is 10.2 Å². The van der Waals surface area contributed by atoms with Crippen LogP contribution in [-0.4, -0.2) is 72.2 Å². The van der Waals surface area contributed by atoms with Gasteiger partial charge in [0.1, 0.15) is 17.3 Å². The van der Waals surface area contributed by atoms with E-state index in [2.05, 4.69) is 25.2 Å². The lowest BCUT2D eigenvalue weighted by Crippen LogP contribution is -2.49. The molecule has 2 aromatic heterocycles. The zero-order valence-electron chi connectivity index (χ0n) is 14.3. The Morgan fingerprint density at radius 1 is 1.16 bits per heavy atom.